The standard InChI is InChI=1S/C16H29N3O2/c1-3-18-10-6-7-13(18)11-19(17)16(21)15-9-5-4-8-14(15)12(2)20/h13-15H,3-11,17H2,1-2H3/t13-,14-,15-/m0/s1. The zero-order valence-corrected chi connectivity index (χ0v) is 13.4. The molecule has 0 bridgehead atoms. The highest BCUT2D eigenvalue weighted by molar-refractivity contribution is 5.87. The molecule has 0 radical (unpaired) electrons. The lowest BCUT2D eigenvalue weighted by Crippen LogP contribution is -2.50. The first kappa shape index (κ1) is 16.4. The first-order valence-electron chi connectivity index (χ1n) is 8.35. The number of carbonyl (C=O) groups is 2. The number of carbonyl (C=O) groups excluding carboxylic acids is 2. The van der Waals surface area contributed by atoms with Crippen molar-refractivity contribution >= 4 is 11.7 Å². The molecule has 1 heterocycles. The van der Waals surface area contributed by atoms with Gasteiger partial charge in [0.15, 0.2) is 0 Å². The summed E-state index contributed by atoms with van der Waals surface area (Å²) in [4.78, 5) is 26.8. The van der Waals surface area contributed by atoms with Crippen molar-refractivity contribution in [2.24, 2.45) is 17.7 Å². The number of hydrazine groups is 1. The van der Waals surface area contributed by atoms with Crippen molar-refractivity contribution in [3.8, 4) is 0 Å². The number of rotatable bonds is 5. The van der Waals surface area contributed by atoms with Crippen LogP contribution in [0.4, 0.5) is 0 Å². The van der Waals surface area contributed by atoms with E-state index in [4.69, 9.17) is 5.84 Å². The maximum Gasteiger partial charge on any atom is 0.240 e. The third-order valence-corrected chi connectivity index (χ3v) is 5.20. The molecule has 1 amide bonds. The minimum absolute atomic E-state index is 0.0298. The highest BCUT2D eigenvalue weighted by Crippen LogP contribution is 2.32. The predicted octanol–water partition coefficient (Wildman–Crippen LogP) is 1.57. The van der Waals surface area contributed by atoms with Crippen LogP contribution in [0.5, 0.6) is 0 Å². The lowest BCUT2D eigenvalue weighted by Gasteiger charge is -2.33. The van der Waals surface area contributed by atoms with E-state index < -0.39 is 0 Å². The molecule has 120 valence electrons. The van der Waals surface area contributed by atoms with Gasteiger partial charge in [-0.25, -0.2) is 5.84 Å². The predicted molar refractivity (Wildman–Crippen MR) is 82.3 cm³/mol. The van der Waals surface area contributed by atoms with Crippen molar-refractivity contribution in [2.45, 2.75) is 58.4 Å². The molecule has 0 unspecified atom stereocenters. The number of Topliss-reactive ketones (excluding diaryl/α,β-unsaturated/α-hetero) is 1. The van der Waals surface area contributed by atoms with Gasteiger partial charge in [-0.05, 0) is 45.7 Å². The van der Waals surface area contributed by atoms with Crippen molar-refractivity contribution in [1.29, 1.82) is 0 Å². The van der Waals surface area contributed by atoms with Gasteiger partial charge in [-0.1, -0.05) is 19.8 Å². The van der Waals surface area contributed by atoms with Gasteiger partial charge in [0.25, 0.3) is 0 Å². The van der Waals surface area contributed by atoms with Crippen molar-refractivity contribution < 1.29 is 9.59 Å². The minimum atomic E-state index is -0.197. The van der Waals surface area contributed by atoms with Crippen LogP contribution in [-0.4, -0.2) is 47.3 Å². The Morgan fingerprint density at radius 1 is 1.14 bits per heavy atom. The second-order valence-corrected chi connectivity index (χ2v) is 6.52. The van der Waals surface area contributed by atoms with E-state index in [9.17, 15) is 9.59 Å². The molecule has 21 heavy (non-hydrogen) atoms. The topological polar surface area (TPSA) is 66.6 Å². The summed E-state index contributed by atoms with van der Waals surface area (Å²) in [5.74, 6) is 5.84. The van der Waals surface area contributed by atoms with Gasteiger partial charge in [-0.15, -0.1) is 0 Å². The van der Waals surface area contributed by atoms with Gasteiger partial charge in [0, 0.05) is 17.9 Å². The van der Waals surface area contributed by atoms with Crippen LogP contribution in [-0.2, 0) is 9.59 Å². The first-order valence-corrected chi connectivity index (χ1v) is 8.35. The lowest BCUT2D eigenvalue weighted by molar-refractivity contribution is -0.143. The average molecular weight is 295 g/mol. The largest absolute Gasteiger partial charge is 0.300 e. The van der Waals surface area contributed by atoms with Crippen molar-refractivity contribution in [1.82, 2.24) is 9.91 Å². The quantitative estimate of drug-likeness (QED) is 0.475. The Morgan fingerprint density at radius 3 is 2.43 bits per heavy atom. The molecule has 3 atom stereocenters. The molecule has 0 spiro atoms. The smallest absolute Gasteiger partial charge is 0.240 e. The highest BCUT2D eigenvalue weighted by atomic mass is 16.2. The number of hydrogen-bond donors (Lipinski definition) is 1. The SMILES string of the molecule is CCN1CCC[C@H]1CN(N)C(=O)[C@H]1CCCC[C@H]1C(C)=O. The minimum Gasteiger partial charge on any atom is -0.300 e. The van der Waals surface area contributed by atoms with Crippen LogP contribution < -0.4 is 5.84 Å². The van der Waals surface area contributed by atoms with E-state index in [0.29, 0.717) is 12.6 Å². The molecule has 2 aliphatic rings. The third kappa shape index (κ3) is 3.83. The Bertz CT molecular complexity index is 386. The molecule has 2 rings (SSSR count). The van der Waals surface area contributed by atoms with E-state index in [1.165, 1.54) is 11.4 Å². The molecule has 1 aliphatic carbocycles. The number of amides is 1. The van der Waals surface area contributed by atoms with Crippen molar-refractivity contribution in [3.05, 3.63) is 0 Å². The van der Waals surface area contributed by atoms with Crippen LogP contribution in [0.15, 0.2) is 0 Å². The first-order chi connectivity index (χ1) is 10.0. The molecule has 2 fully saturated rings. The van der Waals surface area contributed by atoms with Crippen LogP contribution >= 0.6 is 0 Å². The number of nitrogens with zero attached hydrogens (tertiary/aromatic N) is 2. The zero-order valence-electron chi connectivity index (χ0n) is 13.4. The summed E-state index contributed by atoms with van der Waals surface area (Å²) in [6.45, 7) is 6.45. The second kappa shape index (κ2) is 7.36. The van der Waals surface area contributed by atoms with Crippen LogP contribution in [0.1, 0.15) is 52.4 Å². The number of likely N-dealkylation sites (tertiary alicyclic amines) is 1. The Kier molecular flexibility index (Phi) is 5.76. The average Bonchev–Trinajstić information content (AvgIpc) is 2.93. The van der Waals surface area contributed by atoms with Crippen LogP contribution in [0, 0.1) is 11.8 Å². The molecule has 1 saturated heterocycles. The third-order valence-electron chi connectivity index (χ3n) is 5.20. The van der Waals surface area contributed by atoms with Gasteiger partial charge >= 0.3 is 0 Å². The summed E-state index contributed by atoms with van der Waals surface area (Å²) >= 11 is 0. The van der Waals surface area contributed by atoms with Gasteiger partial charge < -0.3 is 0 Å². The Morgan fingerprint density at radius 2 is 1.81 bits per heavy atom. The molecule has 0 aromatic rings. The monoisotopic (exact) mass is 295 g/mol. The summed E-state index contributed by atoms with van der Waals surface area (Å²) in [7, 11) is 0. The molecular formula is C16H29N3O2. The summed E-state index contributed by atoms with van der Waals surface area (Å²) in [5.41, 5.74) is 0. The van der Waals surface area contributed by atoms with Crippen molar-refractivity contribution in [2.75, 3.05) is 19.6 Å². The Hall–Kier alpha value is -0.940. The molecule has 5 heteroatoms. The van der Waals surface area contributed by atoms with Crippen LogP contribution in [0.3, 0.4) is 0 Å². The summed E-state index contributed by atoms with van der Waals surface area (Å²) in [6, 6.07) is 0.378. The van der Waals surface area contributed by atoms with Crippen LogP contribution in [0.2, 0.25) is 0 Å². The van der Waals surface area contributed by atoms with Gasteiger partial charge in [0.05, 0.1) is 6.54 Å². The van der Waals surface area contributed by atoms with E-state index in [2.05, 4.69) is 11.8 Å². The molecule has 2 N–H and O–H groups in total. The fourth-order valence-corrected chi connectivity index (χ4v) is 3.96. The Labute approximate surface area is 127 Å². The lowest BCUT2D eigenvalue weighted by atomic mass is 9.76. The van der Waals surface area contributed by atoms with E-state index in [1.54, 1.807) is 6.92 Å². The van der Waals surface area contributed by atoms with E-state index in [0.717, 1.165) is 45.2 Å². The van der Waals surface area contributed by atoms with Gasteiger partial charge in [-0.3, -0.25) is 19.5 Å². The van der Waals surface area contributed by atoms with E-state index in [-0.39, 0.29) is 23.5 Å². The van der Waals surface area contributed by atoms with Gasteiger partial charge in [-0.2, -0.15) is 0 Å². The summed E-state index contributed by atoms with van der Waals surface area (Å²) < 4.78 is 0. The van der Waals surface area contributed by atoms with E-state index in [1.807, 2.05) is 0 Å². The Balaban J connectivity index is 1.95. The molecule has 1 aliphatic heterocycles. The molecule has 0 aromatic heterocycles. The summed E-state index contributed by atoms with van der Waals surface area (Å²) in [5, 5.41) is 1.39. The fraction of sp³-hybridized carbons (Fsp3) is 0.875. The number of ketones is 1. The fourth-order valence-electron chi connectivity index (χ4n) is 3.96. The number of likely N-dealkylation sites (N-methyl/N-ethyl adjacent to an activating group) is 1. The van der Waals surface area contributed by atoms with Gasteiger partial charge in [0.1, 0.15) is 5.78 Å². The normalized spacial score (nSPS) is 30.3. The number of nitrogens with two attached hydrogens (primary N) is 1. The second-order valence-electron chi connectivity index (χ2n) is 6.52. The number of hydrogen-bond acceptors (Lipinski definition) is 4. The maximum atomic E-state index is 12.6. The molecule has 1 saturated carbocycles. The van der Waals surface area contributed by atoms with E-state index >= 15 is 0 Å². The van der Waals surface area contributed by atoms with Crippen LogP contribution in [0.25, 0.3) is 0 Å². The summed E-state index contributed by atoms with van der Waals surface area (Å²) in [6.07, 6.45) is 6.00. The molecule has 5 nitrogen and oxygen atoms in total. The van der Waals surface area contributed by atoms with Crippen molar-refractivity contribution in [3.63, 3.8) is 0 Å². The highest BCUT2D eigenvalue weighted by Gasteiger charge is 2.36. The zero-order chi connectivity index (χ0) is 15.4. The van der Waals surface area contributed by atoms with Gasteiger partial charge in [0.2, 0.25) is 5.91 Å². The maximum absolute atomic E-state index is 12.6. The molecular weight excluding hydrogens is 266 g/mol. The molecule has 0 aromatic carbocycles.